The van der Waals surface area contributed by atoms with Gasteiger partial charge in [-0.15, -0.1) is 0 Å². The maximum Gasteiger partial charge on any atom is 0.389 e. The Kier molecular flexibility index (Phi) is 2.43. The number of hydrogen-bond donors (Lipinski definition) is 3. The molecule has 0 aliphatic carbocycles. The first-order valence-electron chi connectivity index (χ1n) is 1.86. The van der Waals surface area contributed by atoms with Crippen LogP contribution < -0.4 is 0 Å². The summed E-state index contributed by atoms with van der Waals surface area (Å²) < 4.78 is 22.0. The number of rotatable bonds is 2. The zero-order chi connectivity index (χ0) is 8.58. The summed E-state index contributed by atoms with van der Waals surface area (Å²) in [6.07, 6.45) is 0. The molecule has 1 atom stereocenters. The van der Waals surface area contributed by atoms with Crippen LogP contribution in [0.4, 0.5) is 4.39 Å². The molecule has 0 saturated heterocycles. The van der Waals surface area contributed by atoms with Crippen LogP contribution in [0.3, 0.4) is 0 Å². The minimum Gasteiger partial charge on any atom is -0.477 e. The molecule has 60 valence electrons. The lowest BCUT2D eigenvalue weighted by atomic mass is 10.8. The van der Waals surface area contributed by atoms with Crippen LogP contribution in [0.25, 0.3) is 0 Å². The highest BCUT2D eigenvalue weighted by molar-refractivity contribution is 7.56. The van der Waals surface area contributed by atoms with Crippen molar-refractivity contribution in [3.05, 3.63) is 0 Å². The van der Waals surface area contributed by atoms with E-state index in [1.54, 1.807) is 0 Å². The van der Waals surface area contributed by atoms with Gasteiger partial charge >= 0.3 is 18.4 Å². The molecule has 0 rings (SSSR count). The molecule has 0 aromatic heterocycles. The van der Waals surface area contributed by atoms with Gasteiger partial charge in [-0.05, 0) is 0 Å². The van der Waals surface area contributed by atoms with Crippen LogP contribution >= 0.6 is 19.2 Å². The lowest BCUT2D eigenvalue weighted by Gasteiger charge is -2.12. The SMILES string of the molecule is O=C(O)C(F)(Cl)P(=O)(O)O. The zero-order valence-corrected chi connectivity index (χ0v) is 6.01. The van der Waals surface area contributed by atoms with E-state index in [-0.39, 0.29) is 0 Å². The van der Waals surface area contributed by atoms with Gasteiger partial charge in [0.25, 0.3) is 0 Å². The summed E-state index contributed by atoms with van der Waals surface area (Å²) in [5.74, 6) is -2.40. The minimum absolute atomic E-state index is 2.40. The van der Waals surface area contributed by atoms with E-state index < -0.39 is 18.4 Å². The first kappa shape index (κ1) is 9.84. The van der Waals surface area contributed by atoms with Crippen molar-refractivity contribution < 1.29 is 28.6 Å². The van der Waals surface area contributed by atoms with Gasteiger partial charge in [0.05, 0.1) is 0 Å². The third-order valence-corrected chi connectivity index (χ3v) is 2.37. The Morgan fingerprint density at radius 3 is 1.90 bits per heavy atom. The Morgan fingerprint density at radius 1 is 1.60 bits per heavy atom. The van der Waals surface area contributed by atoms with E-state index in [0.717, 1.165) is 0 Å². The summed E-state index contributed by atoms with van der Waals surface area (Å²) in [7, 11) is -5.43. The highest BCUT2D eigenvalue weighted by Crippen LogP contribution is 2.54. The first-order valence-corrected chi connectivity index (χ1v) is 3.85. The highest BCUT2D eigenvalue weighted by Gasteiger charge is 2.53. The topological polar surface area (TPSA) is 94.8 Å². The van der Waals surface area contributed by atoms with Crippen molar-refractivity contribution in [2.45, 2.75) is 4.87 Å². The Labute approximate surface area is 59.6 Å². The van der Waals surface area contributed by atoms with Crippen LogP contribution in [0.2, 0.25) is 0 Å². The van der Waals surface area contributed by atoms with Crippen LogP contribution in [0.1, 0.15) is 0 Å². The highest BCUT2D eigenvalue weighted by atomic mass is 35.5. The van der Waals surface area contributed by atoms with Crippen molar-refractivity contribution in [1.82, 2.24) is 0 Å². The summed E-state index contributed by atoms with van der Waals surface area (Å²) >= 11 is 4.32. The summed E-state index contributed by atoms with van der Waals surface area (Å²) in [4.78, 5) is 21.5. The van der Waals surface area contributed by atoms with Crippen molar-refractivity contribution in [3.63, 3.8) is 0 Å². The number of carboxylic acids is 1. The average Bonchev–Trinajstić information content (AvgIpc) is 1.62. The molecule has 0 heterocycles. The second-order valence-electron chi connectivity index (χ2n) is 1.39. The lowest BCUT2D eigenvalue weighted by Crippen LogP contribution is -2.26. The van der Waals surface area contributed by atoms with Gasteiger partial charge < -0.3 is 14.9 Å². The van der Waals surface area contributed by atoms with Crippen LogP contribution in [-0.2, 0) is 9.36 Å². The number of hydrogen-bond acceptors (Lipinski definition) is 2. The van der Waals surface area contributed by atoms with Gasteiger partial charge in [-0.25, -0.2) is 4.79 Å². The number of alkyl halides is 2. The molecule has 10 heavy (non-hydrogen) atoms. The van der Waals surface area contributed by atoms with Gasteiger partial charge in [-0.2, -0.15) is 4.39 Å². The van der Waals surface area contributed by atoms with Gasteiger partial charge in [0.15, 0.2) is 0 Å². The molecule has 0 fully saturated rings. The number of carbonyl (C=O) groups is 1. The van der Waals surface area contributed by atoms with E-state index >= 15 is 0 Å². The molecule has 0 spiro atoms. The fraction of sp³-hybridized carbons (Fsp3) is 0.500. The molecule has 0 bridgehead atoms. The van der Waals surface area contributed by atoms with E-state index in [9.17, 15) is 13.8 Å². The quantitative estimate of drug-likeness (QED) is 0.426. The van der Waals surface area contributed by atoms with Gasteiger partial charge in [-0.3, -0.25) is 4.57 Å². The molecule has 5 nitrogen and oxygen atoms in total. The summed E-state index contributed by atoms with van der Waals surface area (Å²) in [6, 6.07) is 0. The van der Waals surface area contributed by atoms with Crippen molar-refractivity contribution >= 4 is 25.2 Å². The fourth-order valence-corrected chi connectivity index (χ4v) is 0.374. The number of halogens is 2. The van der Waals surface area contributed by atoms with Crippen LogP contribution in [0.15, 0.2) is 0 Å². The third kappa shape index (κ3) is 1.67. The molecule has 0 saturated carbocycles. The molecule has 8 heteroatoms. The average molecular weight is 192 g/mol. The van der Waals surface area contributed by atoms with Crippen molar-refractivity contribution in [2.75, 3.05) is 0 Å². The van der Waals surface area contributed by atoms with Gasteiger partial charge in [0, 0.05) is 0 Å². The summed E-state index contributed by atoms with van der Waals surface area (Å²) in [5.41, 5.74) is 0. The Bertz CT molecular complexity index is 196. The summed E-state index contributed by atoms with van der Waals surface area (Å²) in [6.45, 7) is 0. The van der Waals surface area contributed by atoms with E-state index in [2.05, 4.69) is 11.6 Å². The molecular formula is C2H3ClFO5P. The molecule has 0 aromatic rings. The van der Waals surface area contributed by atoms with E-state index in [0.29, 0.717) is 0 Å². The number of carboxylic acid groups (broad SMARTS) is 1. The minimum atomic E-state index is -5.43. The Morgan fingerprint density at radius 2 is 1.90 bits per heavy atom. The molecule has 0 amide bonds. The van der Waals surface area contributed by atoms with Crippen molar-refractivity contribution in [1.29, 1.82) is 0 Å². The van der Waals surface area contributed by atoms with Crippen molar-refractivity contribution in [2.24, 2.45) is 0 Å². The van der Waals surface area contributed by atoms with Crippen molar-refractivity contribution in [3.8, 4) is 0 Å². The second kappa shape index (κ2) is 2.47. The first-order chi connectivity index (χ1) is 4.19. The van der Waals surface area contributed by atoms with E-state index in [1.165, 1.54) is 0 Å². The van der Waals surface area contributed by atoms with Crippen LogP contribution in [0.5, 0.6) is 0 Å². The van der Waals surface area contributed by atoms with Gasteiger partial charge in [-0.1, -0.05) is 11.6 Å². The maximum absolute atomic E-state index is 12.1. The Balaban J connectivity index is 4.75. The fourth-order valence-electron chi connectivity index (χ4n) is 0.125. The standard InChI is InChI=1S/C2H3ClFO5P/c3-2(4,1(5)6)10(7,8)9/h(H,5,6)(H2,7,8,9). The maximum atomic E-state index is 12.1. The van der Waals surface area contributed by atoms with E-state index in [4.69, 9.17) is 14.9 Å². The molecule has 0 aliphatic heterocycles. The third-order valence-electron chi connectivity index (χ3n) is 0.623. The molecule has 0 aliphatic rings. The lowest BCUT2D eigenvalue weighted by molar-refractivity contribution is -0.142. The molecule has 0 radical (unpaired) electrons. The predicted octanol–water partition coefficient (Wildman–Crippen LogP) is 0.111. The number of aliphatic carboxylic acids is 1. The normalized spacial score (nSPS) is 18.0. The smallest absolute Gasteiger partial charge is 0.389 e. The van der Waals surface area contributed by atoms with E-state index in [1.807, 2.05) is 0 Å². The summed E-state index contributed by atoms with van der Waals surface area (Å²) in [5, 5.41) is 7.78. The second-order valence-corrected chi connectivity index (χ2v) is 3.88. The monoisotopic (exact) mass is 192 g/mol. The Hall–Kier alpha value is -0.160. The largest absolute Gasteiger partial charge is 0.477 e. The predicted molar refractivity (Wildman–Crippen MR) is 29.4 cm³/mol. The van der Waals surface area contributed by atoms with Gasteiger partial charge in [0.2, 0.25) is 0 Å². The molecule has 3 N–H and O–H groups in total. The molecule has 1 unspecified atom stereocenters. The van der Waals surface area contributed by atoms with Crippen LogP contribution in [0, 0.1) is 0 Å². The zero-order valence-electron chi connectivity index (χ0n) is 4.36. The van der Waals surface area contributed by atoms with Crippen LogP contribution in [-0.4, -0.2) is 25.7 Å². The molecule has 0 aromatic carbocycles. The molecular weight excluding hydrogens is 189 g/mol. The van der Waals surface area contributed by atoms with Gasteiger partial charge in [0.1, 0.15) is 0 Å².